The summed E-state index contributed by atoms with van der Waals surface area (Å²) in [7, 11) is 0. The zero-order chi connectivity index (χ0) is 13.1. The predicted molar refractivity (Wildman–Crippen MR) is 85.2 cm³/mol. The second-order valence-corrected chi connectivity index (χ2v) is 5.75. The Hall–Kier alpha value is -1.00. The highest BCUT2D eigenvalue weighted by Gasteiger charge is 2.11. The second kappa shape index (κ2) is 5.76. The van der Waals surface area contributed by atoms with Crippen LogP contribution in [0.1, 0.15) is 19.5 Å². The molecular formula is C14H18N2S2. The van der Waals surface area contributed by atoms with Gasteiger partial charge in [-0.15, -0.1) is 0 Å². The molecule has 0 radical (unpaired) electrons. The van der Waals surface area contributed by atoms with Crippen LogP contribution in [0.15, 0.2) is 30.3 Å². The van der Waals surface area contributed by atoms with E-state index < -0.39 is 0 Å². The lowest BCUT2D eigenvalue weighted by Crippen LogP contribution is -2.27. The molecule has 0 saturated carbocycles. The molecule has 1 aromatic heterocycles. The molecule has 0 aliphatic rings. The average molecular weight is 278 g/mol. The molecule has 2 rings (SSSR count). The topological polar surface area (TPSA) is 8.17 Å². The Balaban J connectivity index is 2.31. The van der Waals surface area contributed by atoms with Crippen molar-refractivity contribution in [3.63, 3.8) is 0 Å². The highest BCUT2D eigenvalue weighted by atomic mass is 32.2. The lowest BCUT2D eigenvalue weighted by Gasteiger charge is -2.21. The summed E-state index contributed by atoms with van der Waals surface area (Å²) in [6.07, 6.45) is 0. The Bertz CT molecular complexity index is 556. The Morgan fingerprint density at radius 3 is 2.61 bits per heavy atom. The molecule has 0 amide bonds. The van der Waals surface area contributed by atoms with Crippen molar-refractivity contribution in [2.24, 2.45) is 0 Å². The van der Waals surface area contributed by atoms with Gasteiger partial charge in [0.1, 0.15) is 0 Å². The molecule has 0 spiro atoms. The number of para-hydroxylation sites is 1. The molecule has 0 N–H and O–H groups in total. The molecular weight excluding hydrogens is 260 g/mol. The zero-order valence-corrected chi connectivity index (χ0v) is 12.6. The Labute approximate surface area is 118 Å². The first-order valence-corrected chi connectivity index (χ1v) is 7.39. The van der Waals surface area contributed by atoms with E-state index in [4.69, 9.17) is 12.2 Å². The van der Waals surface area contributed by atoms with Gasteiger partial charge in [0.25, 0.3) is 0 Å². The Kier molecular flexibility index (Phi) is 4.30. The molecule has 1 aromatic carbocycles. The maximum atomic E-state index is 5.51. The average Bonchev–Trinajstić information content (AvgIpc) is 2.68. The molecule has 2 aromatic rings. The van der Waals surface area contributed by atoms with Gasteiger partial charge in [-0.25, -0.2) is 0 Å². The highest BCUT2D eigenvalue weighted by Crippen LogP contribution is 2.26. The van der Waals surface area contributed by atoms with E-state index in [1.54, 1.807) is 11.9 Å². The summed E-state index contributed by atoms with van der Waals surface area (Å²) in [6, 6.07) is 10.6. The van der Waals surface area contributed by atoms with Gasteiger partial charge in [0.15, 0.2) is 4.32 Å². The minimum Gasteiger partial charge on any atom is -0.357 e. The monoisotopic (exact) mass is 278 g/mol. The molecule has 18 heavy (non-hydrogen) atoms. The van der Waals surface area contributed by atoms with E-state index in [1.165, 1.54) is 16.6 Å². The van der Waals surface area contributed by atoms with Crippen LogP contribution in [0.4, 0.5) is 0 Å². The van der Waals surface area contributed by atoms with Crippen LogP contribution < -0.4 is 0 Å². The van der Waals surface area contributed by atoms with E-state index >= 15 is 0 Å². The summed E-state index contributed by atoms with van der Waals surface area (Å²) < 4.78 is 3.15. The number of hydrogen-bond donors (Lipinski definition) is 0. The summed E-state index contributed by atoms with van der Waals surface area (Å²) in [6.45, 7) is 8.31. The van der Waals surface area contributed by atoms with Crippen molar-refractivity contribution in [2.75, 3.05) is 13.1 Å². The number of aromatic nitrogens is 1. The number of thiocarbonyl (C=S) groups is 1. The van der Waals surface area contributed by atoms with Crippen molar-refractivity contribution < 1.29 is 0 Å². The molecule has 1 heterocycles. The number of rotatable bonds is 3. The van der Waals surface area contributed by atoms with E-state index in [-0.39, 0.29) is 0 Å². The first kappa shape index (κ1) is 13.4. The summed E-state index contributed by atoms with van der Waals surface area (Å²) in [5.74, 6) is 0. The van der Waals surface area contributed by atoms with Crippen LogP contribution in [0.25, 0.3) is 10.9 Å². The van der Waals surface area contributed by atoms with Crippen LogP contribution in [-0.4, -0.2) is 26.3 Å². The molecule has 4 heteroatoms. The fourth-order valence-electron chi connectivity index (χ4n) is 2.01. The van der Waals surface area contributed by atoms with Crippen LogP contribution in [-0.2, 0) is 0 Å². The lowest BCUT2D eigenvalue weighted by atomic mass is 10.2. The van der Waals surface area contributed by atoms with E-state index in [0.29, 0.717) is 0 Å². The minimum atomic E-state index is 0.935. The van der Waals surface area contributed by atoms with E-state index in [9.17, 15) is 0 Å². The van der Waals surface area contributed by atoms with Gasteiger partial charge >= 0.3 is 0 Å². The van der Waals surface area contributed by atoms with Gasteiger partial charge in [0.05, 0.1) is 5.52 Å². The number of fused-ring (bicyclic) bond motifs is 1. The smallest absolute Gasteiger partial charge is 0.157 e. The minimum absolute atomic E-state index is 0.935. The normalized spacial score (nSPS) is 10.8. The molecule has 0 aliphatic carbocycles. The third-order valence-electron chi connectivity index (χ3n) is 3.03. The summed E-state index contributed by atoms with van der Waals surface area (Å²) in [5, 5.41) is 1.27. The molecule has 0 fully saturated rings. The Morgan fingerprint density at radius 2 is 1.94 bits per heavy atom. The van der Waals surface area contributed by atoms with Gasteiger partial charge in [0, 0.05) is 36.1 Å². The second-order valence-electron chi connectivity index (χ2n) is 4.17. The van der Waals surface area contributed by atoms with Crippen LogP contribution in [0.5, 0.6) is 0 Å². The van der Waals surface area contributed by atoms with E-state index in [0.717, 1.165) is 17.4 Å². The maximum absolute atomic E-state index is 5.51. The molecule has 0 aliphatic heterocycles. The van der Waals surface area contributed by atoms with E-state index in [1.807, 2.05) is 0 Å². The summed E-state index contributed by atoms with van der Waals surface area (Å²) >= 11 is 7.15. The zero-order valence-electron chi connectivity index (χ0n) is 11.0. The van der Waals surface area contributed by atoms with Gasteiger partial charge in [-0.2, -0.15) is 0 Å². The number of aryl methyl sites for hydroxylation is 1. The van der Waals surface area contributed by atoms with Crippen molar-refractivity contribution in [1.82, 2.24) is 8.87 Å². The van der Waals surface area contributed by atoms with Crippen LogP contribution >= 0.6 is 24.2 Å². The maximum Gasteiger partial charge on any atom is 0.157 e. The Morgan fingerprint density at radius 1 is 1.28 bits per heavy atom. The SMILES string of the molecule is CCN(CC)C(=S)Sn1c(C)cc2ccccc21. The summed E-state index contributed by atoms with van der Waals surface area (Å²) in [4.78, 5) is 2.20. The first-order chi connectivity index (χ1) is 8.67. The standard InChI is InChI=1S/C14H18N2S2/c1-4-15(5-2)14(17)18-16-11(3)10-12-8-6-7-9-13(12)16/h6-10H,4-5H2,1-3H3. The fraction of sp³-hybridized carbons (Fsp3) is 0.357. The summed E-state index contributed by atoms with van der Waals surface area (Å²) in [5.41, 5.74) is 2.46. The van der Waals surface area contributed by atoms with Gasteiger partial charge in [0.2, 0.25) is 0 Å². The molecule has 0 bridgehead atoms. The molecule has 0 saturated heterocycles. The largest absolute Gasteiger partial charge is 0.357 e. The van der Waals surface area contributed by atoms with Crippen molar-refractivity contribution in [3.05, 3.63) is 36.0 Å². The number of benzene rings is 1. The van der Waals surface area contributed by atoms with Crippen molar-refractivity contribution >= 4 is 39.4 Å². The first-order valence-electron chi connectivity index (χ1n) is 6.21. The third kappa shape index (κ3) is 2.54. The highest BCUT2D eigenvalue weighted by molar-refractivity contribution is 8.22. The van der Waals surface area contributed by atoms with Crippen molar-refractivity contribution in [2.45, 2.75) is 20.8 Å². The van der Waals surface area contributed by atoms with Crippen molar-refractivity contribution in [3.8, 4) is 0 Å². The van der Waals surface area contributed by atoms with Crippen LogP contribution in [0, 0.1) is 6.92 Å². The van der Waals surface area contributed by atoms with Crippen LogP contribution in [0.3, 0.4) is 0 Å². The van der Waals surface area contributed by atoms with Gasteiger partial charge in [-0.3, -0.25) is 3.97 Å². The molecule has 0 unspecified atom stereocenters. The van der Waals surface area contributed by atoms with Gasteiger partial charge in [-0.05, 0) is 32.9 Å². The fourth-order valence-corrected chi connectivity index (χ4v) is 3.48. The predicted octanol–water partition coefficient (Wildman–Crippen LogP) is 4.07. The third-order valence-corrected chi connectivity index (χ3v) is 4.59. The molecule has 96 valence electrons. The lowest BCUT2D eigenvalue weighted by molar-refractivity contribution is 0.482. The molecule has 0 atom stereocenters. The van der Waals surface area contributed by atoms with Gasteiger partial charge in [-0.1, -0.05) is 30.4 Å². The van der Waals surface area contributed by atoms with E-state index in [2.05, 4.69) is 60.0 Å². The number of nitrogens with zero attached hydrogens (tertiary/aromatic N) is 2. The van der Waals surface area contributed by atoms with Gasteiger partial charge < -0.3 is 4.90 Å². The van der Waals surface area contributed by atoms with Crippen LogP contribution in [0.2, 0.25) is 0 Å². The number of hydrogen-bond acceptors (Lipinski definition) is 2. The quantitative estimate of drug-likeness (QED) is 0.783. The van der Waals surface area contributed by atoms with Crippen molar-refractivity contribution in [1.29, 1.82) is 0 Å². The molecule has 2 nitrogen and oxygen atoms in total.